The molecule has 28 heavy (non-hydrogen) atoms. The van der Waals surface area contributed by atoms with Gasteiger partial charge in [-0.05, 0) is 42.0 Å². The Morgan fingerprint density at radius 2 is 1.75 bits per heavy atom. The first-order chi connectivity index (χ1) is 13.5. The number of benzene rings is 2. The summed E-state index contributed by atoms with van der Waals surface area (Å²) in [4.78, 5) is 28.2. The van der Waals surface area contributed by atoms with Crippen LogP contribution in [0.5, 0.6) is 0 Å². The summed E-state index contributed by atoms with van der Waals surface area (Å²) < 4.78 is 0. The van der Waals surface area contributed by atoms with Crippen LogP contribution in [0.1, 0.15) is 37.3 Å². The average molecular weight is 380 g/mol. The van der Waals surface area contributed by atoms with E-state index in [0.29, 0.717) is 25.6 Å². The summed E-state index contributed by atoms with van der Waals surface area (Å²) in [5.74, 6) is 0.365. The molecule has 1 saturated heterocycles. The van der Waals surface area contributed by atoms with Crippen molar-refractivity contribution in [1.29, 1.82) is 0 Å². The van der Waals surface area contributed by atoms with Crippen LogP contribution in [-0.2, 0) is 11.2 Å². The molecular weight excluding hydrogens is 350 g/mol. The van der Waals surface area contributed by atoms with Crippen molar-refractivity contribution in [2.24, 2.45) is 0 Å². The number of rotatable bonds is 8. The second-order valence-electron chi connectivity index (χ2n) is 7.54. The first-order valence-corrected chi connectivity index (χ1v) is 10.0. The highest BCUT2D eigenvalue weighted by molar-refractivity contribution is 5.96. The lowest BCUT2D eigenvalue weighted by atomic mass is 10.0. The minimum Gasteiger partial charge on any atom is -0.355 e. The highest BCUT2D eigenvalue weighted by atomic mass is 16.2. The highest BCUT2D eigenvalue weighted by Gasteiger charge is 2.30. The Morgan fingerprint density at radius 3 is 2.43 bits per heavy atom. The standard InChI is InChI=1S/C23H29N3O2/c1-18(2)20-10-12-21(13-11-20)26-16-15-25(23(26)28)17-22(27)24-14-6-9-19-7-4-3-5-8-19/h3-5,7-8,10-13,18H,6,9,14-17H2,1-2H3,(H,24,27). The van der Waals surface area contributed by atoms with Crippen molar-refractivity contribution in [1.82, 2.24) is 10.2 Å². The SMILES string of the molecule is CC(C)c1ccc(N2CCN(CC(=O)NCCCc3ccccc3)C2=O)cc1. The fourth-order valence-corrected chi connectivity index (χ4v) is 3.40. The third-order valence-corrected chi connectivity index (χ3v) is 5.11. The van der Waals surface area contributed by atoms with Gasteiger partial charge in [-0.15, -0.1) is 0 Å². The van der Waals surface area contributed by atoms with Crippen molar-refractivity contribution >= 4 is 17.6 Å². The number of nitrogens with one attached hydrogen (secondary N) is 1. The monoisotopic (exact) mass is 379 g/mol. The number of anilines is 1. The van der Waals surface area contributed by atoms with Crippen molar-refractivity contribution < 1.29 is 9.59 Å². The van der Waals surface area contributed by atoms with Crippen LogP contribution in [0.25, 0.3) is 0 Å². The van der Waals surface area contributed by atoms with E-state index in [4.69, 9.17) is 0 Å². The molecule has 2 aromatic rings. The van der Waals surface area contributed by atoms with Gasteiger partial charge in [0.2, 0.25) is 5.91 Å². The lowest BCUT2D eigenvalue weighted by molar-refractivity contribution is -0.121. The first-order valence-electron chi connectivity index (χ1n) is 10.0. The van der Waals surface area contributed by atoms with E-state index in [1.54, 1.807) is 9.80 Å². The topological polar surface area (TPSA) is 52.6 Å². The lowest BCUT2D eigenvalue weighted by Gasteiger charge is -2.19. The number of hydrogen-bond acceptors (Lipinski definition) is 2. The summed E-state index contributed by atoms with van der Waals surface area (Å²) in [6.07, 6.45) is 1.82. The number of nitrogens with zero attached hydrogens (tertiary/aromatic N) is 2. The summed E-state index contributed by atoms with van der Waals surface area (Å²) >= 11 is 0. The number of urea groups is 1. The Morgan fingerprint density at radius 1 is 1.04 bits per heavy atom. The maximum atomic E-state index is 12.6. The molecule has 2 aromatic carbocycles. The maximum Gasteiger partial charge on any atom is 0.325 e. The number of carbonyl (C=O) groups excluding carboxylic acids is 2. The fourth-order valence-electron chi connectivity index (χ4n) is 3.40. The molecule has 0 radical (unpaired) electrons. The quantitative estimate of drug-likeness (QED) is 0.709. The van der Waals surface area contributed by atoms with Crippen LogP contribution < -0.4 is 10.2 Å². The predicted molar refractivity (Wildman–Crippen MR) is 113 cm³/mol. The maximum absolute atomic E-state index is 12.6. The van der Waals surface area contributed by atoms with Gasteiger partial charge in [-0.25, -0.2) is 4.79 Å². The van der Waals surface area contributed by atoms with E-state index in [9.17, 15) is 9.59 Å². The molecule has 1 aliphatic rings. The normalized spacial score (nSPS) is 14.0. The second kappa shape index (κ2) is 9.40. The zero-order valence-electron chi connectivity index (χ0n) is 16.7. The molecule has 1 N–H and O–H groups in total. The molecule has 1 fully saturated rings. The van der Waals surface area contributed by atoms with Crippen molar-refractivity contribution in [2.45, 2.75) is 32.6 Å². The van der Waals surface area contributed by atoms with Crippen LogP contribution in [0.3, 0.4) is 0 Å². The molecule has 5 heteroatoms. The molecule has 3 rings (SSSR count). The summed E-state index contributed by atoms with van der Waals surface area (Å²) in [6, 6.07) is 18.2. The van der Waals surface area contributed by atoms with E-state index in [1.807, 2.05) is 30.3 Å². The third-order valence-electron chi connectivity index (χ3n) is 5.11. The van der Waals surface area contributed by atoms with Crippen molar-refractivity contribution in [3.05, 3.63) is 65.7 Å². The van der Waals surface area contributed by atoms with Crippen LogP contribution in [-0.4, -0.2) is 43.0 Å². The van der Waals surface area contributed by atoms with Crippen LogP contribution >= 0.6 is 0 Å². The number of carbonyl (C=O) groups is 2. The summed E-state index contributed by atoms with van der Waals surface area (Å²) in [7, 11) is 0. The van der Waals surface area contributed by atoms with Crippen LogP contribution in [0, 0.1) is 0 Å². The van der Waals surface area contributed by atoms with E-state index in [1.165, 1.54) is 11.1 Å². The van der Waals surface area contributed by atoms with Gasteiger partial charge in [-0.1, -0.05) is 56.3 Å². The smallest absolute Gasteiger partial charge is 0.325 e. The molecule has 0 bridgehead atoms. The molecular formula is C23H29N3O2. The van der Waals surface area contributed by atoms with Gasteiger partial charge in [-0.3, -0.25) is 9.69 Å². The van der Waals surface area contributed by atoms with Gasteiger partial charge in [0.1, 0.15) is 6.54 Å². The van der Waals surface area contributed by atoms with Crippen molar-refractivity contribution in [3.63, 3.8) is 0 Å². The number of amides is 3. The Bertz CT molecular complexity index is 787. The third kappa shape index (κ3) is 5.12. The molecule has 1 heterocycles. The number of hydrogen-bond donors (Lipinski definition) is 1. The second-order valence-corrected chi connectivity index (χ2v) is 7.54. The minimum absolute atomic E-state index is 0.0987. The van der Waals surface area contributed by atoms with Gasteiger partial charge in [0.05, 0.1) is 0 Å². The molecule has 3 amide bonds. The largest absolute Gasteiger partial charge is 0.355 e. The van der Waals surface area contributed by atoms with E-state index in [2.05, 4.69) is 43.4 Å². The van der Waals surface area contributed by atoms with Gasteiger partial charge in [-0.2, -0.15) is 0 Å². The Labute approximate surface area is 167 Å². The van der Waals surface area contributed by atoms with Crippen molar-refractivity contribution in [3.8, 4) is 0 Å². The molecule has 0 atom stereocenters. The van der Waals surface area contributed by atoms with Gasteiger partial charge < -0.3 is 10.2 Å². The van der Waals surface area contributed by atoms with E-state index in [-0.39, 0.29) is 18.5 Å². The fraction of sp³-hybridized carbons (Fsp3) is 0.391. The Balaban J connectivity index is 1.43. The summed E-state index contributed by atoms with van der Waals surface area (Å²) in [5.41, 5.74) is 3.41. The first kappa shape index (κ1) is 19.9. The predicted octanol–water partition coefficient (Wildman–Crippen LogP) is 3.80. The molecule has 148 valence electrons. The highest BCUT2D eigenvalue weighted by Crippen LogP contribution is 2.23. The van der Waals surface area contributed by atoms with Gasteiger partial charge in [0.25, 0.3) is 0 Å². The van der Waals surface area contributed by atoms with Crippen LogP contribution in [0.4, 0.5) is 10.5 Å². The van der Waals surface area contributed by atoms with E-state index < -0.39 is 0 Å². The van der Waals surface area contributed by atoms with Gasteiger partial charge in [0.15, 0.2) is 0 Å². The van der Waals surface area contributed by atoms with E-state index >= 15 is 0 Å². The Hall–Kier alpha value is -2.82. The zero-order valence-corrected chi connectivity index (χ0v) is 16.7. The molecule has 1 aliphatic heterocycles. The average Bonchev–Trinajstić information content (AvgIpc) is 3.06. The molecule has 0 aliphatic carbocycles. The number of aryl methyl sites for hydroxylation is 1. The van der Waals surface area contributed by atoms with Gasteiger partial charge in [0, 0.05) is 25.3 Å². The Kier molecular flexibility index (Phi) is 6.69. The zero-order chi connectivity index (χ0) is 19.9. The molecule has 0 aromatic heterocycles. The van der Waals surface area contributed by atoms with Crippen LogP contribution in [0.15, 0.2) is 54.6 Å². The molecule has 0 saturated carbocycles. The molecule has 0 unspecified atom stereocenters. The summed E-state index contributed by atoms with van der Waals surface area (Å²) in [6.45, 7) is 6.22. The van der Waals surface area contributed by atoms with Crippen LogP contribution in [0.2, 0.25) is 0 Å². The lowest BCUT2D eigenvalue weighted by Crippen LogP contribution is -2.40. The molecule has 0 spiro atoms. The van der Waals surface area contributed by atoms with Crippen molar-refractivity contribution in [2.75, 3.05) is 31.1 Å². The van der Waals surface area contributed by atoms with Gasteiger partial charge >= 0.3 is 6.03 Å². The minimum atomic E-state index is -0.100. The molecule has 5 nitrogen and oxygen atoms in total. The summed E-state index contributed by atoms with van der Waals surface area (Å²) in [5, 5.41) is 2.92. The van der Waals surface area contributed by atoms with E-state index in [0.717, 1.165) is 18.5 Å².